The minimum atomic E-state index is -0.326. The van der Waals surface area contributed by atoms with Crippen LogP contribution in [-0.4, -0.2) is 78.4 Å². The van der Waals surface area contributed by atoms with Crippen LogP contribution in [0.3, 0.4) is 0 Å². The van der Waals surface area contributed by atoms with Crippen molar-refractivity contribution in [3.05, 3.63) is 0 Å². The van der Waals surface area contributed by atoms with Crippen molar-refractivity contribution in [3.63, 3.8) is 0 Å². The molecule has 1 N–H and O–H groups in total. The molecule has 0 unspecified atom stereocenters. The molecule has 12 atom stereocenters. The van der Waals surface area contributed by atoms with Crippen molar-refractivity contribution in [2.75, 3.05) is 32.8 Å². The Morgan fingerprint density at radius 1 is 0.809 bits per heavy atom. The van der Waals surface area contributed by atoms with Gasteiger partial charge < -0.3 is 24.6 Å². The number of nitrogens with zero attached hydrogens (tertiary/aromatic N) is 2. The van der Waals surface area contributed by atoms with Crippen molar-refractivity contribution in [1.82, 2.24) is 15.1 Å². The first kappa shape index (κ1) is 33.0. The Balaban J connectivity index is 0.841. The van der Waals surface area contributed by atoms with Gasteiger partial charge in [0.2, 0.25) is 11.8 Å². The highest BCUT2D eigenvalue weighted by molar-refractivity contribution is 5.97. The molecule has 4 heterocycles. The second kappa shape index (κ2) is 12.5. The van der Waals surface area contributed by atoms with Gasteiger partial charge >= 0.3 is 0 Å². The standard InChI is InChI=1S/C40H65N3O4/c1-26-10-17-40(46-25-26)27(2)37-34(47-40)23-33-31-9-8-28-22-29(11-15-38(28,3)32(31)12-16-39(33,37)4)41-35(44)24-36(45)43-20-13-30(14-21-43)42-18-6-5-7-19-42/h26-34,37H,5-25H2,1-4H3,(H,41,44)/t26-,27-,28+,29+,31+,32-,33-,34-,37-,38-,39-,40+/m0/s1. The number of likely N-dealkylation sites (tertiary alicyclic amines) is 2. The Labute approximate surface area is 285 Å². The summed E-state index contributed by atoms with van der Waals surface area (Å²) in [6.45, 7) is 14.9. The first-order valence-corrected chi connectivity index (χ1v) is 20.2. The molecule has 0 aromatic rings. The first-order chi connectivity index (χ1) is 22.6. The summed E-state index contributed by atoms with van der Waals surface area (Å²) in [5, 5.41) is 3.35. The van der Waals surface area contributed by atoms with Crippen LogP contribution in [0.25, 0.3) is 0 Å². The number of ether oxygens (including phenoxy) is 2. The van der Waals surface area contributed by atoms with Crippen molar-refractivity contribution in [1.29, 1.82) is 0 Å². The molecule has 0 aromatic heterocycles. The van der Waals surface area contributed by atoms with Crippen LogP contribution >= 0.6 is 0 Å². The number of hydrogen-bond acceptors (Lipinski definition) is 5. The van der Waals surface area contributed by atoms with E-state index in [1.807, 2.05) is 4.90 Å². The monoisotopic (exact) mass is 651 g/mol. The molecule has 0 bridgehead atoms. The van der Waals surface area contributed by atoms with Crippen molar-refractivity contribution >= 4 is 11.8 Å². The van der Waals surface area contributed by atoms with E-state index in [-0.39, 0.29) is 30.1 Å². The Hall–Kier alpha value is -1.18. The fraction of sp³-hybridized carbons (Fsp3) is 0.950. The number of carbonyl (C=O) groups is 2. The lowest BCUT2D eigenvalue weighted by atomic mass is 9.44. The van der Waals surface area contributed by atoms with Gasteiger partial charge in [0.15, 0.2) is 5.79 Å². The number of carbonyl (C=O) groups excluding carboxylic acids is 2. The molecule has 0 radical (unpaired) electrons. The minimum absolute atomic E-state index is 0.0198. The largest absolute Gasteiger partial charge is 0.353 e. The van der Waals surface area contributed by atoms with Gasteiger partial charge in [-0.25, -0.2) is 0 Å². The number of piperidine rings is 2. The van der Waals surface area contributed by atoms with Crippen molar-refractivity contribution in [3.8, 4) is 0 Å². The van der Waals surface area contributed by atoms with E-state index in [1.54, 1.807) is 0 Å². The van der Waals surface area contributed by atoms with Gasteiger partial charge in [-0.2, -0.15) is 0 Å². The summed E-state index contributed by atoms with van der Waals surface area (Å²) < 4.78 is 13.5. The topological polar surface area (TPSA) is 71.1 Å². The van der Waals surface area contributed by atoms with E-state index >= 15 is 0 Å². The van der Waals surface area contributed by atoms with Crippen LogP contribution < -0.4 is 5.32 Å². The molecular formula is C40H65N3O4. The smallest absolute Gasteiger partial charge is 0.232 e. The quantitative estimate of drug-likeness (QED) is 0.339. The normalized spacial score (nSPS) is 48.8. The SMILES string of the molecule is C[C@H]1CC[C@@]2(OC1)O[C@H]1C[C@H]3[C@@H]4CC[C@@H]5C[C@H](NC(=O)CC(=O)N6CCC(N7CCCCC7)CC6)CC[C@]5(C)[C@H]4CC[C@]3(C)[C@H]1[C@@H]2C. The van der Waals surface area contributed by atoms with Gasteiger partial charge in [0, 0.05) is 37.5 Å². The highest BCUT2D eigenvalue weighted by atomic mass is 16.7. The Bertz CT molecular complexity index is 1170. The summed E-state index contributed by atoms with van der Waals surface area (Å²) in [5.41, 5.74) is 0.735. The van der Waals surface area contributed by atoms with E-state index in [1.165, 1.54) is 77.3 Å². The van der Waals surface area contributed by atoms with Crippen molar-refractivity contribution in [2.24, 2.45) is 52.3 Å². The summed E-state index contributed by atoms with van der Waals surface area (Å²) in [4.78, 5) is 30.9. The molecule has 7 nitrogen and oxygen atoms in total. The fourth-order valence-corrected chi connectivity index (χ4v) is 13.7. The lowest BCUT2D eigenvalue weighted by Gasteiger charge is -2.61. The fourth-order valence-electron chi connectivity index (χ4n) is 13.7. The molecule has 8 rings (SSSR count). The molecule has 1 spiro atoms. The van der Waals surface area contributed by atoms with Crippen LogP contribution in [-0.2, 0) is 19.1 Å². The molecule has 4 aliphatic heterocycles. The van der Waals surface area contributed by atoms with E-state index in [0.717, 1.165) is 69.6 Å². The van der Waals surface area contributed by atoms with Gasteiger partial charge in [-0.1, -0.05) is 34.1 Å². The van der Waals surface area contributed by atoms with Gasteiger partial charge in [0.05, 0.1) is 12.7 Å². The van der Waals surface area contributed by atoms with Crippen LogP contribution in [0.4, 0.5) is 0 Å². The van der Waals surface area contributed by atoms with Gasteiger partial charge in [-0.15, -0.1) is 0 Å². The second-order valence-electron chi connectivity index (χ2n) is 18.6. The molecule has 264 valence electrons. The van der Waals surface area contributed by atoms with Crippen molar-refractivity contribution in [2.45, 2.75) is 154 Å². The summed E-state index contributed by atoms with van der Waals surface area (Å²) in [6, 6.07) is 0.841. The van der Waals surface area contributed by atoms with Crippen LogP contribution in [0.1, 0.15) is 130 Å². The zero-order chi connectivity index (χ0) is 32.6. The summed E-state index contributed by atoms with van der Waals surface area (Å²) in [5.74, 6) is 4.45. The van der Waals surface area contributed by atoms with Gasteiger partial charge in [0.1, 0.15) is 6.42 Å². The van der Waals surface area contributed by atoms with Crippen LogP contribution in [0.2, 0.25) is 0 Å². The average molecular weight is 652 g/mol. The van der Waals surface area contributed by atoms with E-state index in [9.17, 15) is 9.59 Å². The lowest BCUT2D eigenvalue weighted by Crippen LogP contribution is -2.56. The van der Waals surface area contributed by atoms with Crippen LogP contribution in [0.15, 0.2) is 0 Å². The predicted octanol–water partition coefficient (Wildman–Crippen LogP) is 6.78. The highest BCUT2D eigenvalue weighted by Crippen LogP contribution is 2.71. The lowest BCUT2D eigenvalue weighted by molar-refractivity contribution is -0.273. The Morgan fingerprint density at radius 3 is 2.32 bits per heavy atom. The molecule has 2 amide bonds. The maximum atomic E-state index is 13.2. The molecule has 0 aromatic carbocycles. The maximum absolute atomic E-state index is 13.2. The molecule has 47 heavy (non-hydrogen) atoms. The summed E-state index contributed by atoms with van der Waals surface area (Å²) in [7, 11) is 0. The van der Waals surface area contributed by atoms with E-state index < -0.39 is 0 Å². The maximum Gasteiger partial charge on any atom is 0.232 e. The third-order valence-corrected chi connectivity index (χ3v) is 16.3. The molecule has 4 saturated carbocycles. The molecule has 4 saturated heterocycles. The highest BCUT2D eigenvalue weighted by Gasteiger charge is 2.69. The number of fused-ring (bicyclic) bond motifs is 7. The molecule has 4 aliphatic carbocycles. The van der Waals surface area contributed by atoms with E-state index in [2.05, 4.69) is 37.9 Å². The zero-order valence-corrected chi connectivity index (χ0v) is 30.2. The van der Waals surface area contributed by atoms with E-state index in [0.29, 0.717) is 46.6 Å². The first-order valence-electron chi connectivity index (χ1n) is 20.2. The molecule has 8 fully saturated rings. The number of rotatable bonds is 4. The number of nitrogens with one attached hydrogen (secondary N) is 1. The van der Waals surface area contributed by atoms with Gasteiger partial charge in [0.25, 0.3) is 0 Å². The van der Waals surface area contributed by atoms with Crippen LogP contribution in [0.5, 0.6) is 0 Å². The summed E-state index contributed by atoms with van der Waals surface area (Å²) in [6.07, 6.45) is 18.7. The van der Waals surface area contributed by atoms with E-state index in [4.69, 9.17) is 9.47 Å². The Kier molecular flexibility index (Phi) is 8.81. The predicted molar refractivity (Wildman–Crippen MR) is 183 cm³/mol. The van der Waals surface area contributed by atoms with Crippen molar-refractivity contribution < 1.29 is 19.1 Å². The number of hydrogen-bond donors (Lipinski definition) is 1. The molecule has 8 aliphatic rings. The minimum Gasteiger partial charge on any atom is -0.353 e. The molecule has 7 heteroatoms. The summed E-state index contributed by atoms with van der Waals surface area (Å²) >= 11 is 0. The molecular weight excluding hydrogens is 586 g/mol. The second-order valence-corrected chi connectivity index (χ2v) is 18.6. The van der Waals surface area contributed by atoms with Gasteiger partial charge in [-0.3, -0.25) is 9.59 Å². The zero-order valence-electron chi connectivity index (χ0n) is 30.2. The number of amides is 2. The average Bonchev–Trinajstić information content (AvgIpc) is 3.52. The third kappa shape index (κ3) is 5.63. The van der Waals surface area contributed by atoms with Gasteiger partial charge in [-0.05, 0) is 143 Å². The van der Waals surface area contributed by atoms with Crippen LogP contribution in [0, 0.1) is 52.3 Å². The third-order valence-electron chi connectivity index (χ3n) is 16.3. The Morgan fingerprint density at radius 2 is 1.57 bits per heavy atom.